The lowest BCUT2D eigenvalue weighted by Crippen LogP contribution is -2.58. The number of carbonyl (C=O) groups is 4. The summed E-state index contributed by atoms with van der Waals surface area (Å²) in [5.74, 6) is -0.0571. The average Bonchev–Trinajstić information content (AvgIpc) is 3.91. The fraction of sp³-hybridized carbons (Fsp3) is 0.479. The van der Waals surface area contributed by atoms with Crippen molar-refractivity contribution in [2.24, 2.45) is 5.41 Å². The van der Waals surface area contributed by atoms with Crippen LogP contribution in [0.15, 0.2) is 66.3 Å². The van der Waals surface area contributed by atoms with Gasteiger partial charge in [-0.3, -0.25) is 24.1 Å². The predicted molar refractivity (Wildman–Crippen MR) is 251 cm³/mol. The molecule has 4 heterocycles. The number of aryl methyl sites for hydroxylation is 1. The van der Waals surface area contributed by atoms with Gasteiger partial charge in [0.2, 0.25) is 17.7 Å². The molecule has 1 saturated carbocycles. The second-order valence-corrected chi connectivity index (χ2v) is 19.6. The van der Waals surface area contributed by atoms with Gasteiger partial charge < -0.3 is 40.3 Å². The molecule has 2 aromatic carbocycles. The summed E-state index contributed by atoms with van der Waals surface area (Å²) < 4.78 is 11.7. The molecule has 4 amide bonds. The van der Waals surface area contributed by atoms with E-state index in [1.54, 1.807) is 41.8 Å². The third kappa shape index (κ3) is 12.0. The molecule has 2 unspecified atom stereocenters. The highest BCUT2D eigenvalue weighted by Gasteiger charge is 2.45. The standard InChI is InChI=1S/C48H58ClN9O7S/c1-29(31-6-8-32(9-7-31)43-30(2)52-28-66-43)53-46(62)40-22-36(59)26-58(40)47(63)44(48(3,4)5)55-42(60)27-64-19-18-56-14-16-57(17-15-56)41-13-11-34(25-51-41)45(61)54-35-20-38(21-35)65-37-12-10-33(24-50)39(49)23-37/h6-13,23,25,28-29,35-36,38,40,44,59H,14-22,26-27H2,1-5H3,(H,53,62)(H,54,61)(H,55,60)/t29?,35-,36-,38-,40+,44?/m1/s1. The molecule has 1 aliphatic carbocycles. The smallest absolute Gasteiger partial charge is 0.253 e. The van der Waals surface area contributed by atoms with Crippen LogP contribution < -0.4 is 25.6 Å². The first-order valence-electron chi connectivity index (χ1n) is 22.3. The highest BCUT2D eigenvalue weighted by Crippen LogP contribution is 2.31. The van der Waals surface area contributed by atoms with Crippen molar-refractivity contribution in [1.82, 2.24) is 35.7 Å². The lowest BCUT2D eigenvalue weighted by Gasteiger charge is -2.36. The van der Waals surface area contributed by atoms with Gasteiger partial charge in [0.1, 0.15) is 42.4 Å². The number of nitrogens with zero attached hydrogens (tertiary/aromatic N) is 6. The maximum Gasteiger partial charge on any atom is 0.253 e. The Morgan fingerprint density at radius 3 is 2.38 bits per heavy atom. The SMILES string of the molecule is Cc1ncsc1-c1ccc(C(C)NC(=O)[C@@H]2C[C@@H](O)CN2C(=O)C(NC(=O)COCCN2CCN(c3ccc(C(=O)N[C@H]4C[C@H](Oc5ccc(C#N)c(Cl)c5)C4)cn3)CC2)C(C)(C)C)cc1. The number of β-amino-alcohol motifs (C(OH)–C–C–N with tert-alkyl or cyclic N) is 1. The van der Waals surface area contributed by atoms with Gasteiger partial charge >= 0.3 is 0 Å². The predicted octanol–water partition coefficient (Wildman–Crippen LogP) is 4.89. The summed E-state index contributed by atoms with van der Waals surface area (Å²) >= 11 is 7.69. The Labute approximate surface area is 394 Å². The van der Waals surface area contributed by atoms with Crippen molar-refractivity contribution in [2.75, 3.05) is 57.4 Å². The third-order valence-electron chi connectivity index (χ3n) is 12.3. The summed E-state index contributed by atoms with van der Waals surface area (Å²) in [6.07, 6.45) is 2.09. The first kappa shape index (κ1) is 48.3. The first-order chi connectivity index (χ1) is 31.6. The van der Waals surface area contributed by atoms with Gasteiger partial charge in [-0.2, -0.15) is 5.26 Å². The van der Waals surface area contributed by atoms with Gasteiger partial charge in [0.25, 0.3) is 5.91 Å². The molecule has 18 heteroatoms. The van der Waals surface area contributed by atoms with Crippen molar-refractivity contribution in [3.63, 3.8) is 0 Å². The number of benzene rings is 2. The number of carbonyl (C=O) groups excluding carboxylic acids is 4. The van der Waals surface area contributed by atoms with Crippen LogP contribution >= 0.6 is 22.9 Å². The van der Waals surface area contributed by atoms with Crippen LogP contribution in [0.25, 0.3) is 10.4 Å². The van der Waals surface area contributed by atoms with Crippen LogP contribution in [0.3, 0.4) is 0 Å². The van der Waals surface area contributed by atoms with E-state index in [0.29, 0.717) is 47.9 Å². The highest BCUT2D eigenvalue weighted by atomic mass is 35.5. The van der Waals surface area contributed by atoms with E-state index in [9.17, 15) is 24.3 Å². The molecule has 4 N–H and O–H groups in total. The van der Waals surface area contributed by atoms with Gasteiger partial charge in [-0.05, 0) is 54.7 Å². The number of likely N-dealkylation sites (tertiary alicyclic amines) is 1. The van der Waals surface area contributed by atoms with Gasteiger partial charge in [0.05, 0.1) is 51.0 Å². The summed E-state index contributed by atoms with van der Waals surface area (Å²) in [6, 6.07) is 16.4. The highest BCUT2D eigenvalue weighted by molar-refractivity contribution is 7.13. The summed E-state index contributed by atoms with van der Waals surface area (Å²) in [7, 11) is 0. The Bertz CT molecular complexity index is 2390. The van der Waals surface area contributed by atoms with Crippen LogP contribution in [-0.2, 0) is 19.1 Å². The monoisotopic (exact) mass is 939 g/mol. The number of halogens is 1. The molecular formula is C48H58ClN9O7S. The zero-order valence-corrected chi connectivity index (χ0v) is 39.5. The fourth-order valence-corrected chi connectivity index (χ4v) is 9.41. The van der Waals surface area contributed by atoms with Crippen LogP contribution in [0, 0.1) is 23.7 Å². The van der Waals surface area contributed by atoms with Crippen molar-refractivity contribution in [3.8, 4) is 22.3 Å². The summed E-state index contributed by atoms with van der Waals surface area (Å²) in [4.78, 5) is 69.7. The number of hydrogen-bond donors (Lipinski definition) is 4. The van der Waals surface area contributed by atoms with E-state index in [2.05, 4.69) is 35.7 Å². The Morgan fingerprint density at radius 1 is 1.00 bits per heavy atom. The van der Waals surface area contributed by atoms with E-state index in [4.69, 9.17) is 26.3 Å². The quantitative estimate of drug-likeness (QED) is 0.111. The maximum atomic E-state index is 14.1. The number of hydrogen-bond acceptors (Lipinski definition) is 13. The molecular weight excluding hydrogens is 882 g/mol. The fourth-order valence-electron chi connectivity index (χ4n) is 8.39. The second-order valence-electron chi connectivity index (χ2n) is 18.3. The zero-order valence-electron chi connectivity index (χ0n) is 38.0. The van der Waals surface area contributed by atoms with Crippen molar-refractivity contribution in [3.05, 3.63) is 93.7 Å². The molecule has 2 saturated heterocycles. The molecule has 2 aliphatic heterocycles. The Kier molecular flexibility index (Phi) is 15.6. The number of amides is 4. The van der Waals surface area contributed by atoms with Crippen molar-refractivity contribution in [1.29, 1.82) is 5.26 Å². The van der Waals surface area contributed by atoms with Gasteiger partial charge in [0.15, 0.2) is 0 Å². The van der Waals surface area contributed by atoms with Crippen molar-refractivity contribution >= 4 is 52.4 Å². The first-order valence-corrected chi connectivity index (χ1v) is 23.6. The number of aliphatic hydroxyl groups excluding tert-OH is 1. The largest absolute Gasteiger partial charge is 0.490 e. The number of anilines is 1. The lowest BCUT2D eigenvalue weighted by atomic mass is 9.85. The molecule has 4 aromatic rings. The molecule has 7 rings (SSSR count). The Morgan fingerprint density at radius 2 is 1.74 bits per heavy atom. The topological polar surface area (TPSA) is 202 Å². The van der Waals surface area contributed by atoms with Gasteiger partial charge in [-0.1, -0.05) is 56.6 Å². The van der Waals surface area contributed by atoms with Crippen molar-refractivity contribution < 1.29 is 33.8 Å². The molecule has 3 fully saturated rings. The molecule has 16 nitrogen and oxygen atoms in total. The van der Waals surface area contributed by atoms with E-state index in [0.717, 1.165) is 53.7 Å². The summed E-state index contributed by atoms with van der Waals surface area (Å²) in [5.41, 5.74) is 4.90. The van der Waals surface area contributed by atoms with E-state index < -0.39 is 35.4 Å². The van der Waals surface area contributed by atoms with Crippen LogP contribution in [0.1, 0.15) is 80.2 Å². The molecule has 2 aromatic heterocycles. The number of nitrogens with one attached hydrogen (secondary N) is 3. The number of rotatable bonds is 16. The zero-order chi connectivity index (χ0) is 47.1. The second kappa shape index (κ2) is 21.3. The van der Waals surface area contributed by atoms with Gasteiger partial charge in [-0.25, -0.2) is 9.97 Å². The van der Waals surface area contributed by atoms with Crippen molar-refractivity contribution in [2.45, 2.75) is 90.3 Å². The van der Waals surface area contributed by atoms with E-state index in [1.807, 2.05) is 76.5 Å². The Hall–Kier alpha value is -5.64. The van der Waals surface area contributed by atoms with Gasteiger partial charge in [0, 0.05) is 76.8 Å². The molecule has 0 spiro atoms. The normalized spacial score (nSPS) is 20.7. The molecule has 3 aliphatic rings. The maximum absolute atomic E-state index is 14.1. The number of thiazole rings is 1. The Balaban J connectivity index is 0.805. The minimum Gasteiger partial charge on any atom is -0.490 e. The van der Waals surface area contributed by atoms with Crippen LogP contribution in [0.5, 0.6) is 5.75 Å². The molecule has 4 atom stereocenters. The van der Waals surface area contributed by atoms with E-state index in [-0.39, 0.29) is 49.6 Å². The van der Waals surface area contributed by atoms with Crippen LogP contribution in [0.4, 0.5) is 5.82 Å². The van der Waals surface area contributed by atoms with Crippen LogP contribution in [0.2, 0.25) is 5.02 Å². The third-order valence-corrected chi connectivity index (χ3v) is 13.6. The summed E-state index contributed by atoms with van der Waals surface area (Å²) in [5, 5.41) is 29.0. The average molecular weight is 941 g/mol. The number of nitriles is 1. The molecule has 0 bridgehead atoms. The van der Waals surface area contributed by atoms with Crippen LogP contribution in [-0.4, -0.2) is 131 Å². The number of aliphatic hydroxyl groups is 1. The molecule has 350 valence electrons. The molecule has 66 heavy (non-hydrogen) atoms. The summed E-state index contributed by atoms with van der Waals surface area (Å²) in [6.45, 7) is 13.0. The number of ether oxygens (including phenoxy) is 2. The lowest BCUT2D eigenvalue weighted by molar-refractivity contribution is -0.144. The minimum atomic E-state index is -0.960. The number of piperazine rings is 1. The van der Waals surface area contributed by atoms with E-state index in [1.165, 1.54) is 4.90 Å². The number of aromatic nitrogens is 2. The van der Waals surface area contributed by atoms with E-state index >= 15 is 0 Å². The minimum absolute atomic E-state index is 0.0117. The number of pyridine rings is 1. The molecule has 0 radical (unpaired) electrons. The van der Waals surface area contributed by atoms with Gasteiger partial charge in [-0.15, -0.1) is 11.3 Å².